The van der Waals surface area contributed by atoms with Gasteiger partial charge in [-0.2, -0.15) is 5.10 Å². The van der Waals surface area contributed by atoms with Gasteiger partial charge >= 0.3 is 5.97 Å². The Balaban J connectivity index is 2.11. The molecule has 0 atom stereocenters. The van der Waals surface area contributed by atoms with Crippen molar-refractivity contribution in [1.82, 2.24) is 9.78 Å². The standard InChI is InChI=1S/C11H12N2O2/c1-9(14)15-7-6-13-11-5-3-2-4-10(11)8-12-13/h2-5,8H,6-7H2,1H3. The van der Waals surface area contributed by atoms with Crippen molar-refractivity contribution in [3.63, 3.8) is 0 Å². The highest BCUT2D eigenvalue weighted by molar-refractivity contribution is 5.78. The molecule has 2 rings (SSSR count). The third-order valence-electron chi connectivity index (χ3n) is 2.16. The number of carbonyl (C=O) groups is 1. The normalized spacial score (nSPS) is 10.5. The second-order valence-electron chi connectivity index (χ2n) is 3.27. The molecule has 0 radical (unpaired) electrons. The summed E-state index contributed by atoms with van der Waals surface area (Å²) in [6.07, 6.45) is 1.81. The Bertz CT molecular complexity index is 476. The monoisotopic (exact) mass is 204 g/mol. The van der Waals surface area contributed by atoms with Crippen LogP contribution >= 0.6 is 0 Å². The highest BCUT2D eigenvalue weighted by Crippen LogP contribution is 2.11. The minimum absolute atomic E-state index is 0.258. The molecule has 0 fully saturated rings. The van der Waals surface area contributed by atoms with E-state index in [1.165, 1.54) is 6.92 Å². The fraction of sp³-hybridized carbons (Fsp3) is 0.273. The van der Waals surface area contributed by atoms with Gasteiger partial charge in [0.1, 0.15) is 6.61 Å². The molecule has 1 aromatic heterocycles. The van der Waals surface area contributed by atoms with Crippen LogP contribution in [0.15, 0.2) is 30.5 Å². The van der Waals surface area contributed by atoms with Crippen molar-refractivity contribution in [1.29, 1.82) is 0 Å². The molecule has 0 unspecified atom stereocenters. The van der Waals surface area contributed by atoms with Crippen molar-refractivity contribution in [2.45, 2.75) is 13.5 Å². The number of aromatic nitrogens is 2. The molecule has 0 saturated heterocycles. The van der Waals surface area contributed by atoms with Gasteiger partial charge in [-0.3, -0.25) is 9.48 Å². The Morgan fingerprint density at radius 2 is 2.27 bits per heavy atom. The van der Waals surface area contributed by atoms with Crippen LogP contribution in [-0.4, -0.2) is 22.4 Å². The van der Waals surface area contributed by atoms with Gasteiger partial charge in [0.2, 0.25) is 0 Å². The molecule has 15 heavy (non-hydrogen) atoms. The molecular formula is C11H12N2O2. The number of benzene rings is 1. The predicted molar refractivity (Wildman–Crippen MR) is 56.4 cm³/mol. The average molecular weight is 204 g/mol. The molecule has 0 aliphatic carbocycles. The lowest BCUT2D eigenvalue weighted by molar-refractivity contribution is -0.141. The van der Waals surface area contributed by atoms with Gasteiger partial charge in [0, 0.05) is 12.3 Å². The van der Waals surface area contributed by atoms with E-state index in [1.54, 1.807) is 0 Å². The molecule has 4 heteroatoms. The summed E-state index contributed by atoms with van der Waals surface area (Å²) < 4.78 is 6.70. The molecular weight excluding hydrogens is 192 g/mol. The number of ether oxygens (including phenoxy) is 1. The minimum Gasteiger partial charge on any atom is -0.464 e. The van der Waals surface area contributed by atoms with Crippen LogP contribution in [0.3, 0.4) is 0 Å². The van der Waals surface area contributed by atoms with Gasteiger partial charge < -0.3 is 4.74 Å². The average Bonchev–Trinajstić information content (AvgIpc) is 2.62. The lowest BCUT2D eigenvalue weighted by Gasteiger charge is -2.03. The molecule has 1 heterocycles. The van der Waals surface area contributed by atoms with Crippen LogP contribution in [0, 0.1) is 0 Å². The maximum absolute atomic E-state index is 10.6. The summed E-state index contributed by atoms with van der Waals surface area (Å²) in [4.78, 5) is 10.6. The van der Waals surface area contributed by atoms with E-state index < -0.39 is 0 Å². The molecule has 0 aliphatic rings. The Labute approximate surface area is 87.5 Å². The molecule has 2 aromatic rings. The smallest absolute Gasteiger partial charge is 0.302 e. The maximum atomic E-state index is 10.6. The fourth-order valence-electron chi connectivity index (χ4n) is 1.48. The lowest BCUT2D eigenvalue weighted by Crippen LogP contribution is -2.09. The third kappa shape index (κ3) is 2.15. The van der Waals surface area contributed by atoms with Crippen LogP contribution in [0.1, 0.15) is 6.92 Å². The zero-order valence-corrected chi connectivity index (χ0v) is 8.51. The van der Waals surface area contributed by atoms with E-state index in [0.29, 0.717) is 13.2 Å². The first-order valence-corrected chi connectivity index (χ1v) is 4.81. The van der Waals surface area contributed by atoms with Crippen molar-refractivity contribution >= 4 is 16.9 Å². The van der Waals surface area contributed by atoms with Crippen LogP contribution in [0.25, 0.3) is 10.9 Å². The Morgan fingerprint density at radius 1 is 1.47 bits per heavy atom. The summed E-state index contributed by atoms with van der Waals surface area (Å²) in [5.41, 5.74) is 1.06. The number of rotatable bonds is 3. The molecule has 0 aliphatic heterocycles. The van der Waals surface area contributed by atoms with Crippen LogP contribution in [0.4, 0.5) is 0 Å². The van der Waals surface area contributed by atoms with Crippen molar-refractivity contribution < 1.29 is 9.53 Å². The van der Waals surface area contributed by atoms with Crippen LogP contribution < -0.4 is 0 Å². The second kappa shape index (κ2) is 4.13. The summed E-state index contributed by atoms with van der Waals surface area (Å²) in [5.74, 6) is -0.258. The number of esters is 1. The molecule has 1 aromatic carbocycles. The first-order chi connectivity index (χ1) is 7.27. The first-order valence-electron chi connectivity index (χ1n) is 4.81. The minimum atomic E-state index is -0.258. The topological polar surface area (TPSA) is 44.1 Å². The van der Waals surface area contributed by atoms with Gasteiger partial charge in [-0.15, -0.1) is 0 Å². The highest BCUT2D eigenvalue weighted by Gasteiger charge is 2.01. The molecule has 4 nitrogen and oxygen atoms in total. The Kier molecular flexibility index (Phi) is 2.67. The summed E-state index contributed by atoms with van der Waals surface area (Å²) >= 11 is 0. The van der Waals surface area contributed by atoms with Crippen molar-refractivity contribution in [3.05, 3.63) is 30.5 Å². The number of carbonyl (C=O) groups excluding carboxylic acids is 1. The summed E-state index contributed by atoms with van der Waals surface area (Å²) in [6.45, 7) is 2.36. The van der Waals surface area contributed by atoms with Crippen molar-refractivity contribution in [3.8, 4) is 0 Å². The van der Waals surface area contributed by atoms with E-state index in [2.05, 4.69) is 5.10 Å². The van der Waals surface area contributed by atoms with E-state index in [0.717, 1.165) is 10.9 Å². The second-order valence-corrected chi connectivity index (χ2v) is 3.27. The number of nitrogens with zero attached hydrogens (tertiary/aromatic N) is 2. The molecule has 78 valence electrons. The largest absolute Gasteiger partial charge is 0.464 e. The van der Waals surface area contributed by atoms with Crippen molar-refractivity contribution in [2.24, 2.45) is 0 Å². The number of para-hydroxylation sites is 1. The van der Waals surface area contributed by atoms with E-state index in [1.807, 2.05) is 35.1 Å². The van der Waals surface area contributed by atoms with Crippen molar-refractivity contribution in [2.75, 3.05) is 6.61 Å². The summed E-state index contributed by atoms with van der Waals surface area (Å²) in [6, 6.07) is 7.94. The SMILES string of the molecule is CC(=O)OCCn1ncc2ccccc21. The van der Waals surface area contributed by atoms with E-state index >= 15 is 0 Å². The number of hydrogen-bond donors (Lipinski definition) is 0. The van der Waals surface area contributed by atoms with Gasteiger partial charge in [-0.1, -0.05) is 18.2 Å². The molecule has 0 bridgehead atoms. The highest BCUT2D eigenvalue weighted by atomic mass is 16.5. The molecule has 0 spiro atoms. The Hall–Kier alpha value is -1.84. The van der Waals surface area contributed by atoms with Gasteiger partial charge in [0.25, 0.3) is 0 Å². The number of hydrogen-bond acceptors (Lipinski definition) is 3. The zero-order chi connectivity index (χ0) is 10.7. The van der Waals surface area contributed by atoms with Gasteiger partial charge in [0.15, 0.2) is 0 Å². The van der Waals surface area contributed by atoms with E-state index in [-0.39, 0.29) is 5.97 Å². The quantitative estimate of drug-likeness (QED) is 0.713. The molecule has 0 saturated carbocycles. The summed E-state index contributed by atoms with van der Waals surface area (Å²) in [7, 11) is 0. The number of fused-ring (bicyclic) bond motifs is 1. The maximum Gasteiger partial charge on any atom is 0.302 e. The van der Waals surface area contributed by atoms with Gasteiger partial charge in [-0.25, -0.2) is 0 Å². The van der Waals surface area contributed by atoms with E-state index in [4.69, 9.17) is 4.74 Å². The first kappa shape index (κ1) is 9.71. The van der Waals surface area contributed by atoms with Gasteiger partial charge in [0.05, 0.1) is 18.3 Å². The fourth-order valence-corrected chi connectivity index (χ4v) is 1.48. The van der Waals surface area contributed by atoms with Gasteiger partial charge in [-0.05, 0) is 6.07 Å². The molecule has 0 amide bonds. The molecule has 0 N–H and O–H groups in total. The van der Waals surface area contributed by atoms with Crippen LogP contribution in [0.2, 0.25) is 0 Å². The van der Waals surface area contributed by atoms with E-state index in [9.17, 15) is 4.79 Å². The van der Waals surface area contributed by atoms with Crippen LogP contribution in [-0.2, 0) is 16.1 Å². The predicted octanol–water partition coefficient (Wildman–Crippen LogP) is 1.60. The Morgan fingerprint density at radius 3 is 3.07 bits per heavy atom. The third-order valence-corrected chi connectivity index (χ3v) is 2.16. The lowest BCUT2D eigenvalue weighted by atomic mass is 10.3. The van der Waals surface area contributed by atoms with Crippen LogP contribution in [0.5, 0.6) is 0 Å². The zero-order valence-electron chi connectivity index (χ0n) is 8.51. The summed E-state index contributed by atoms with van der Waals surface area (Å²) in [5, 5.41) is 5.32.